The molecule has 5 heteroatoms. The smallest absolute Gasteiger partial charge is 0.225 e. The number of amides is 2. The minimum atomic E-state index is 0.108. The number of nitrogens with zero attached hydrogens (tertiary/aromatic N) is 2. The molecule has 2 aliphatic rings. The molecule has 0 spiro atoms. The van der Waals surface area contributed by atoms with Crippen LogP contribution in [0.2, 0.25) is 0 Å². The van der Waals surface area contributed by atoms with Gasteiger partial charge in [0.25, 0.3) is 0 Å². The Balaban J connectivity index is 1.91. The molecule has 2 amide bonds. The number of carbonyl (C=O) groups is 2. The predicted octanol–water partition coefficient (Wildman–Crippen LogP) is 0.831. The van der Waals surface area contributed by atoms with Crippen LogP contribution < -0.4 is 5.73 Å². The van der Waals surface area contributed by atoms with Gasteiger partial charge in [0.1, 0.15) is 0 Å². The Morgan fingerprint density at radius 3 is 2.35 bits per heavy atom. The zero-order valence-corrected chi connectivity index (χ0v) is 12.7. The third-order valence-electron chi connectivity index (χ3n) is 4.84. The van der Waals surface area contributed by atoms with E-state index < -0.39 is 0 Å². The molecule has 2 rings (SSSR count). The van der Waals surface area contributed by atoms with Gasteiger partial charge in [-0.25, -0.2) is 0 Å². The van der Waals surface area contributed by atoms with Crippen molar-refractivity contribution in [3.8, 4) is 0 Å². The first-order valence-corrected chi connectivity index (χ1v) is 7.79. The fraction of sp³-hybridized carbons (Fsp3) is 0.867. The van der Waals surface area contributed by atoms with Crippen LogP contribution in [-0.4, -0.2) is 53.8 Å². The summed E-state index contributed by atoms with van der Waals surface area (Å²) < 4.78 is 0. The largest absolute Gasteiger partial charge is 0.341 e. The lowest BCUT2D eigenvalue weighted by atomic mass is 9.78. The highest BCUT2D eigenvalue weighted by Gasteiger charge is 2.32. The van der Waals surface area contributed by atoms with Crippen molar-refractivity contribution in [1.82, 2.24) is 9.80 Å². The molecule has 3 atom stereocenters. The number of carbonyl (C=O) groups excluding carboxylic acids is 2. The molecular weight excluding hydrogens is 254 g/mol. The van der Waals surface area contributed by atoms with Crippen molar-refractivity contribution < 1.29 is 9.59 Å². The molecule has 1 aliphatic carbocycles. The quantitative estimate of drug-likeness (QED) is 0.774. The van der Waals surface area contributed by atoms with Gasteiger partial charge in [0.15, 0.2) is 0 Å². The Morgan fingerprint density at radius 1 is 1.05 bits per heavy atom. The van der Waals surface area contributed by atoms with Crippen LogP contribution in [-0.2, 0) is 9.59 Å². The van der Waals surface area contributed by atoms with Crippen LogP contribution in [0.25, 0.3) is 0 Å². The lowest BCUT2D eigenvalue weighted by Crippen LogP contribution is -2.43. The van der Waals surface area contributed by atoms with Crippen molar-refractivity contribution in [1.29, 1.82) is 0 Å². The summed E-state index contributed by atoms with van der Waals surface area (Å²) in [7, 11) is 0. The van der Waals surface area contributed by atoms with Crippen molar-refractivity contribution >= 4 is 11.8 Å². The third kappa shape index (κ3) is 3.51. The molecule has 0 bridgehead atoms. The van der Waals surface area contributed by atoms with Crippen LogP contribution in [0, 0.1) is 11.8 Å². The van der Waals surface area contributed by atoms with Gasteiger partial charge >= 0.3 is 0 Å². The lowest BCUT2D eigenvalue weighted by molar-refractivity contribution is -0.137. The van der Waals surface area contributed by atoms with Crippen molar-refractivity contribution in [2.24, 2.45) is 17.6 Å². The molecule has 3 unspecified atom stereocenters. The fourth-order valence-corrected chi connectivity index (χ4v) is 3.35. The normalized spacial score (nSPS) is 31.9. The van der Waals surface area contributed by atoms with E-state index >= 15 is 0 Å². The molecule has 0 radical (unpaired) electrons. The topological polar surface area (TPSA) is 66.6 Å². The van der Waals surface area contributed by atoms with Gasteiger partial charge < -0.3 is 15.5 Å². The highest BCUT2D eigenvalue weighted by atomic mass is 16.2. The second kappa shape index (κ2) is 6.57. The van der Waals surface area contributed by atoms with Gasteiger partial charge in [-0.1, -0.05) is 6.92 Å². The van der Waals surface area contributed by atoms with E-state index in [4.69, 9.17) is 5.73 Å². The molecule has 1 heterocycles. The van der Waals surface area contributed by atoms with E-state index in [1.165, 1.54) is 0 Å². The molecule has 0 aromatic rings. The molecule has 20 heavy (non-hydrogen) atoms. The first-order chi connectivity index (χ1) is 9.49. The minimum Gasteiger partial charge on any atom is -0.341 e. The maximum atomic E-state index is 12.6. The molecule has 1 aliphatic heterocycles. The fourth-order valence-electron chi connectivity index (χ4n) is 3.35. The minimum absolute atomic E-state index is 0.108. The van der Waals surface area contributed by atoms with Crippen molar-refractivity contribution in [3.63, 3.8) is 0 Å². The first-order valence-electron chi connectivity index (χ1n) is 7.79. The molecule has 0 aromatic carbocycles. The second-order valence-electron chi connectivity index (χ2n) is 6.34. The Labute approximate surface area is 121 Å². The molecule has 0 aromatic heterocycles. The van der Waals surface area contributed by atoms with Gasteiger partial charge in [0, 0.05) is 45.1 Å². The van der Waals surface area contributed by atoms with Gasteiger partial charge in [-0.2, -0.15) is 0 Å². The third-order valence-corrected chi connectivity index (χ3v) is 4.84. The Bertz CT molecular complexity index is 372. The molecule has 114 valence electrons. The van der Waals surface area contributed by atoms with Gasteiger partial charge in [-0.15, -0.1) is 0 Å². The summed E-state index contributed by atoms with van der Waals surface area (Å²) in [6.45, 7) is 6.63. The number of hydrogen-bond acceptors (Lipinski definition) is 3. The van der Waals surface area contributed by atoms with E-state index in [0.29, 0.717) is 19.0 Å². The maximum Gasteiger partial charge on any atom is 0.225 e. The summed E-state index contributed by atoms with van der Waals surface area (Å²) in [5.74, 6) is 0.942. The van der Waals surface area contributed by atoms with E-state index in [1.54, 1.807) is 6.92 Å². The summed E-state index contributed by atoms with van der Waals surface area (Å²) in [6.07, 6.45) is 3.66. The summed E-state index contributed by atoms with van der Waals surface area (Å²) in [6, 6.07) is 0.247. The van der Waals surface area contributed by atoms with Crippen LogP contribution in [0.15, 0.2) is 0 Å². The lowest BCUT2D eigenvalue weighted by Gasteiger charge is -2.34. The molecule has 1 saturated carbocycles. The Morgan fingerprint density at radius 2 is 1.70 bits per heavy atom. The number of rotatable bonds is 1. The van der Waals surface area contributed by atoms with E-state index in [-0.39, 0.29) is 23.8 Å². The molecule has 2 fully saturated rings. The van der Waals surface area contributed by atoms with Crippen molar-refractivity contribution in [3.05, 3.63) is 0 Å². The van der Waals surface area contributed by atoms with Crippen molar-refractivity contribution in [2.45, 2.75) is 45.6 Å². The highest BCUT2D eigenvalue weighted by molar-refractivity contribution is 5.79. The van der Waals surface area contributed by atoms with Gasteiger partial charge in [0.2, 0.25) is 11.8 Å². The second-order valence-corrected chi connectivity index (χ2v) is 6.34. The SMILES string of the molecule is CC(=O)N1CCCN(C(=O)C2CCC(N)C(C)C2)CC1. The zero-order chi connectivity index (χ0) is 14.7. The summed E-state index contributed by atoms with van der Waals surface area (Å²) in [4.78, 5) is 27.8. The zero-order valence-electron chi connectivity index (χ0n) is 12.7. The molecule has 2 N–H and O–H groups in total. The van der Waals surface area contributed by atoms with E-state index in [2.05, 4.69) is 6.92 Å². The first kappa shape index (κ1) is 15.3. The Hall–Kier alpha value is -1.10. The summed E-state index contributed by atoms with van der Waals surface area (Å²) in [5.41, 5.74) is 6.03. The predicted molar refractivity (Wildman–Crippen MR) is 77.9 cm³/mol. The van der Waals surface area contributed by atoms with E-state index in [9.17, 15) is 9.59 Å². The van der Waals surface area contributed by atoms with E-state index in [0.717, 1.165) is 38.8 Å². The maximum absolute atomic E-state index is 12.6. The van der Waals surface area contributed by atoms with Crippen LogP contribution in [0.1, 0.15) is 39.5 Å². The summed E-state index contributed by atoms with van der Waals surface area (Å²) >= 11 is 0. The van der Waals surface area contributed by atoms with Crippen molar-refractivity contribution in [2.75, 3.05) is 26.2 Å². The standard InChI is InChI=1S/C15H27N3O2/c1-11-10-13(4-5-14(11)16)15(20)18-7-3-6-17(8-9-18)12(2)19/h11,13-14H,3-10,16H2,1-2H3. The molecule has 5 nitrogen and oxygen atoms in total. The Kier molecular flexibility index (Phi) is 5.02. The van der Waals surface area contributed by atoms with Crippen LogP contribution in [0.5, 0.6) is 0 Å². The monoisotopic (exact) mass is 281 g/mol. The van der Waals surface area contributed by atoms with Gasteiger partial charge in [-0.3, -0.25) is 9.59 Å². The van der Waals surface area contributed by atoms with Gasteiger partial charge in [-0.05, 0) is 31.6 Å². The van der Waals surface area contributed by atoms with Crippen LogP contribution >= 0.6 is 0 Å². The number of nitrogens with two attached hydrogens (primary N) is 1. The average molecular weight is 281 g/mol. The number of hydrogen-bond donors (Lipinski definition) is 1. The molecular formula is C15H27N3O2. The molecule has 1 saturated heterocycles. The van der Waals surface area contributed by atoms with Crippen LogP contribution in [0.3, 0.4) is 0 Å². The van der Waals surface area contributed by atoms with E-state index in [1.807, 2.05) is 9.80 Å². The average Bonchev–Trinajstić information content (AvgIpc) is 2.67. The summed E-state index contributed by atoms with van der Waals surface area (Å²) in [5, 5.41) is 0. The van der Waals surface area contributed by atoms with Gasteiger partial charge in [0.05, 0.1) is 0 Å². The highest BCUT2D eigenvalue weighted by Crippen LogP contribution is 2.29. The van der Waals surface area contributed by atoms with Crippen LogP contribution in [0.4, 0.5) is 0 Å².